The highest BCUT2D eigenvalue weighted by atomic mass is 35.5. The van der Waals surface area contributed by atoms with E-state index in [4.69, 9.17) is 16.3 Å². The van der Waals surface area contributed by atoms with Crippen molar-refractivity contribution in [2.75, 3.05) is 24.2 Å². The fourth-order valence-electron chi connectivity index (χ4n) is 5.18. The van der Waals surface area contributed by atoms with Crippen molar-refractivity contribution in [1.82, 2.24) is 10.2 Å². The van der Waals surface area contributed by atoms with Crippen LogP contribution in [0.3, 0.4) is 0 Å². The van der Waals surface area contributed by atoms with Gasteiger partial charge >= 0.3 is 0 Å². The second kappa shape index (κ2) is 13.9. The number of methoxy groups -OCH3 is 1. The summed E-state index contributed by atoms with van der Waals surface area (Å²) >= 11 is 6.27. The van der Waals surface area contributed by atoms with Gasteiger partial charge < -0.3 is 15.0 Å². The summed E-state index contributed by atoms with van der Waals surface area (Å²) in [7, 11) is -2.46. The normalized spacial score (nSPS) is 14.3. The number of ether oxygens (including phenoxy) is 1. The van der Waals surface area contributed by atoms with Crippen LogP contribution in [-0.4, -0.2) is 57.1 Å². The van der Waals surface area contributed by atoms with Gasteiger partial charge in [-0.1, -0.05) is 79.0 Å². The molecule has 1 unspecified atom stereocenters. The predicted octanol–water partition coefficient (Wildman–Crippen LogP) is 4.81. The van der Waals surface area contributed by atoms with Gasteiger partial charge in [0.05, 0.1) is 19.1 Å². The molecule has 0 heterocycles. The van der Waals surface area contributed by atoms with E-state index in [-0.39, 0.29) is 30.6 Å². The number of para-hydroxylation sites is 2. The average molecular weight is 598 g/mol. The number of rotatable bonds is 12. The van der Waals surface area contributed by atoms with E-state index < -0.39 is 28.5 Å². The summed E-state index contributed by atoms with van der Waals surface area (Å²) in [5.74, 6) is -0.477. The molecule has 0 radical (unpaired) electrons. The monoisotopic (exact) mass is 597 g/mol. The Morgan fingerprint density at radius 1 is 0.976 bits per heavy atom. The van der Waals surface area contributed by atoms with E-state index in [1.54, 1.807) is 42.5 Å². The summed E-state index contributed by atoms with van der Waals surface area (Å²) in [6.07, 6.45) is 5.17. The molecule has 8 nitrogen and oxygen atoms in total. The molecule has 0 saturated heterocycles. The Hall–Kier alpha value is -3.56. The third-order valence-electron chi connectivity index (χ3n) is 7.25. The molecule has 2 amide bonds. The number of sulfonamides is 1. The van der Waals surface area contributed by atoms with E-state index in [9.17, 15) is 18.0 Å². The lowest BCUT2D eigenvalue weighted by molar-refractivity contribution is -0.140. The van der Waals surface area contributed by atoms with Crippen LogP contribution >= 0.6 is 11.6 Å². The van der Waals surface area contributed by atoms with Crippen molar-refractivity contribution in [2.45, 2.75) is 50.7 Å². The van der Waals surface area contributed by atoms with Gasteiger partial charge in [0, 0.05) is 24.0 Å². The number of hydrogen-bond acceptors (Lipinski definition) is 5. The first-order chi connectivity index (χ1) is 19.7. The first-order valence-electron chi connectivity index (χ1n) is 13.6. The zero-order valence-electron chi connectivity index (χ0n) is 23.3. The molecule has 0 aromatic heterocycles. The molecule has 0 bridgehead atoms. The second-order valence-corrected chi connectivity index (χ2v) is 12.6. The van der Waals surface area contributed by atoms with Gasteiger partial charge in [-0.2, -0.15) is 0 Å². The lowest BCUT2D eigenvalue weighted by Gasteiger charge is -2.34. The Balaban J connectivity index is 1.74. The molecule has 1 atom stereocenters. The second-order valence-electron chi connectivity index (χ2n) is 10.3. The molecule has 10 heteroatoms. The van der Waals surface area contributed by atoms with Crippen LogP contribution in [0.4, 0.5) is 5.69 Å². The van der Waals surface area contributed by atoms with Crippen molar-refractivity contribution in [3.05, 3.63) is 95.0 Å². The van der Waals surface area contributed by atoms with Gasteiger partial charge in [-0.25, -0.2) is 8.42 Å². The van der Waals surface area contributed by atoms with Crippen molar-refractivity contribution >= 4 is 39.1 Å². The third-order valence-corrected chi connectivity index (χ3v) is 8.61. The Labute approximate surface area is 247 Å². The van der Waals surface area contributed by atoms with Crippen LogP contribution in [0.1, 0.15) is 36.8 Å². The summed E-state index contributed by atoms with van der Waals surface area (Å²) in [6, 6.07) is 22.4. The molecule has 0 aliphatic heterocycles. The van der Waals surface area contributed by atoms with Crippen LogP contribution in [0.15, 0.2) is 78.9 Å². The number of halogens is 1. The molecular weight excluding hydrogens is 562 g/mol. The minimum absolute atomic E-state index is 0.0463. The highest BCUT2D eigenvalue weighted by molar-refractivity contribution is 7.92. The SMILES string of the molecule is COc1ccccc1N(CC(=O)N(Cc1cccc(Cl)c1)C(Cc1ccccc1)C(=O)NC1CCCC1)S(C)(=O)=O. The van der Waals surface area contributed by atoms with Gasteiger partial charge in [0.2, 0.25) is 21.8 Å². The number of carbonyl (C=O) groups is 2. The number of nitrogens with one attached hydrogen (secondary N) is 1. The van der Waals surface area contributed by atoms with E-state index >= 15 is 0 Å². The van der Waals surface area contributed by atoms with Gasteiger partial charge in [0.15, 0.2) is 0 Å². The van der Waals surface area contributed by atoms with Crippen LogP contribution < -0.4 is 14.4 Å². The molecule has 1 saturated carbocycles. The molecule has 4 rings (SSSR count). The van der Waals surface area contributed by atoms with Crippen LogP contribution in [0.5, 0.6) is 5.75 Å². The number of benzene rings is 3. The molecule has 1 aliphatic rings. The number of hydrogen-bond donors (Lipinski definition) is 1. The zero-order valence-corrected chi connectivity index (χ0v) is 24.9. The molecule has 1 N–H and O–H groups in total. The maximum atomic E-state index is 14.2. The number of amides is 2. The zero-order chi connectivity index (χ0) is 29.4. The van der Waals surface area contributed by atoms with Crippen molar-refractivity contribution in [3.63, 3.8) is 0 Å². The first kappa shape index (κ1) is 30.4. The average Bonchev–Trinajstić information content (AvgIpc) is 3.46. The molecule has 3 aromatic rings. The standard InChI is InChI=1S/C31H36ClN3O5S/c1-40-29-18-9-8-17-27(29)35(41(2,38)39)22-30(36)34(21-24-13-10-14-25(32)19-24)28(20-23-11-4-3-5-12-23)31(37)33-26-15-6-7-16-26/h3-5,8-14,17-19,26,28H,6-7,15-16,20-22H2,1-2H3,(H,33,37). The van der Waals surface area contributed by atoms with Gasteiger partial charge in [0.1, 0.15) is 18.3 Å². The van der Waals surface area contributed by atoms with E-state index in [0.717, 1.165) is 47.4 Å². The van der Waals surface area contributed by atoms with Crippen LogP contribution in [0.25, 0.3) is 0 Å². The van der Waals surface area contributed by atoms with Gasteiger partial charge in [0.25, 0.3) is 0 Å². The molecular formula is C31H36ClN3O5S. The van der Waals surface area contributed by atoms with E-state index in [1.807, 2.05) is 36.4 Å². The van der Waals surface area contributed by atoms with Crippen LogP contribution in [0, 0.1) is 0 Å². The van der Waals surface area contributed by atoms with Gasteiger partial charge in [-0.15, -0.1) is 0 Å². The number of anilines is 1. The number of nitrogens with zero attached hydrogens (tertiary/aromatic N) is 2. The maximum absolute atomic E-state index is 14.2. The smallest absolute Gasteiger partial charge is 0.244 e. The minimum Gasteiger partial charge on any atom is -0.495 e. The topological polar surface area (TPSA) is 96.0 Å². The van der Waals surface area contributed by atoms with Crippen molar-refractivity contribution < 1.29 is 22.7 Å². The first-order valence-corrected chi connectivity index (χ1v) is 15.9. The Kier molecular flexibility index (Phi) is 10.3. The molecule has 0 spiro atoms. The van der Waals surface area contributed by atoms with Crippen LogP contribution in [0.2, 0.25) is 5.02 Å². The van der Waals surface area contributed by atoms with Crippen molar-refractivity contribution in [2.24, 2.45) is 0 Å². The lowest BCUT2D eigenvalue weighted by atomic mass is 10.0. The summed E-state index contributed by atoms with van der Waals surface area (Å²) in [5, 5.41) is 3.65. The number of carbonyl (C=O) groups excluding carboxylic acids is 2. The minimum atomic E-state index is -3.90. The van der Waals surface area contributed by atoms with Crippen molar-refractivity contribution in [1.29, 1.82) is 0 Å². The predicted molar refractivity (Wildman–Crippen MR) is 162 cm³/mol. The van der Waals surface area contributed by atoms with Gasteiger partial charge in [-0.3, -0.25) is 13.9 Å². The Morgan fingerprint density at radius 2 is 1.63 bits per heavy atom. The van der Waals surface area contributed by atoms with Crippen molar-refractivity contribution in [3.8, 4) is 5.75 Å². The highest BCUT2D eigenvalue weighted by Gasteiger charge is 2.34. The fourth-order valence-corrected chi connectivity index (χ4v) is 6.25. The lowest BCUT2D eigenvalue weighted by Crippen LogP contribution is -2.54. The van der Waals surface area contributed by atoms with Gasteiger partial charge in [-0.05, 0) is 48.2 Å². The molecule has 41 heavy (non-hydrogen) atoms. The quantitative estimate of drug-likeness (QED) is 0.323. The summed E-state index contributed by atoms with van der Waals surface area (Å²) in [5.41, 5.74) is 1.84. The third kappa shape index (κ3) is 8.24. The maximum Gasteiger partial charge on any atom is 0.244 e. The summed E-state index contributed by atoms with van der Waals surface area (Å²) in [4.78, 5) is 29.5. The molecule has 3 aromatic carbocycles. The fraction of sp³-hybridized carbons (Fsp3) is 0.355. The summed E-state index contributed by atoms with van der Waals surface area (Å²) in [6.45, 7) is -0.444. The molecule has 218 valence electrons. The molecule has 1 fully saturated rings. The van der Waals surface area contributed by atoms with E-state index in [0.29, 0.717) is 10.8 Å². The largest absolute Gasteiger partial charge is 0.495 e. The summed E-state index contributed by atoms with van der Waals surface area (Å²) < 4.78 is 32.4. The highest BCUT2D eigenvalue weighted by Crippen LogP contribution is 2.30. The Morgan fingerprint density at radius 3 is 2.29 bits per heavy atom. The van der Waals surface area contributed by atoms with E-state index in [1.165, 1.54) is 12.0 Å². The van der Waals surface area contributed by atoms with Crippen LogP contribution in [-0.2, 0) is 32.6 Å². The molecule has 1 aliphatic carbocycles. The Bertz CT molecular complexity index is 1440. The van der Waals surface area contributed by atoms with E-state index in [2.05, 4.69) is 5.32 Å².